The fraction of sp³-hybridized carbons (Fsp3) is 0.520. The lowest BCUT2D eigenvalue weighted by Crippen LogP contribution is -1.99. The molecule has 0 radical (unpaired) electrons. The zero-order chi connectivity index (χ0) is 22.5. The number of hydrogen-bond donors (Lipinski definition) is 2. The number of benzene rings is 2. The van der Waals surface area contributed by atoms with Crippen LogP contribution in [-0.2, 0) is 16.5 Å². The third-order valence-corrected chi connectivity index (χ3v) is 6.35. The van der Waals surface area contributed by atoms with Crippen molar-refractivity contribution in [3.05, 3.63) is 48.0 Å². The van der Waals surface area contributed by atoms with Crippen LogP contribution in [0.5, 0.6) is 17.2 Å². The highest BCUT2D eigenvalue weighted by Gasteiger charge is 2.19. The van der Waals surface area contributed by atoms with E-state index in [0.29, 0.717) is 5.75 Å². The molecule has 0 saturated carbocycles. The van der Waals surface area contributed by atoms with Gasteiger partial charge in [0.05, 0.1) is 0 Å². The minimum atomic E-state index is -4.51. The molecule has 0 aliphatic carbocycles. The van der Waals surface area contributed by atoms with E-state index in [4.69, 9.17) is 9.29 Å². The maximum atomic E-state index is 11.3. The Kier molecular flexibility index (Phi) is 10.9. The Balaban J connectivity index is 1.68. The highest BCUT2D eigenvalue weighted by Crippen LogP contribution is 2.35. The Morgan fingerprint density at radius 1 is 0.774 bits per heavy atom. The topological polar surface area (TPSA) is 83.8 Å². The first-order valence-corrected chi connectivity index (χ1v) is 12.9. The van der Waals surface area contributed by atoms with Gasteiger partial charge in [-0.25, -0.2) is 0 Å². The van der Waals surface area contributed by atoms with Gasteiger partial charge in [-0.1, -0.05) is 89.3 Å². The van der Waals surface area contributed by atoms with Crippen molar-refractivity contribution in [1.29, 1.82) is 0 Å². The molecule has 2 rings (SSSR count). The molecule has 2 N–H and O–H groups in total. The zero-order valence-corrected chi connectivity index (χ0v) is 19.4. The number of hydrogen-bond acceptors (Lipinski definition) is 4. The van der Waals surface area contributed by atoms with Crippen molar-refractivity contribution in [3.63, 3.8) is 0 Å². The molecular weight excluding hydrogens is 412 g/mol. The van der Waals surface area contributed by atoms with Crippen LogP contribution >= 0.6 is 0 Å². The summed E-state index contributed by atoms with van der Waals surface area (Å²) in [5, 5.41) is 10.0. The molecule has 2 aromatic rings. The number of phenolic OH excluding ortho intramolecular Hbond substituents is 1. The minimum Gasteiger partial charge on any atom is -0.503 e. The van der Waals surface area contributed by atoms with Crippen LogP contribution in [0.25, 0.3) is 0 Å². The van der Waals surface area contributed by atoms with Crippen molar-refractivity contribution in [3.8, 4) is 17.2 Å². The molecule has 2 aromatic carbocycles. The van der Waals surface area contributed by atoms with Crippen LogP contribution in [-0.4, -0.2) is 18.1 Å². The van der Waals surface area contributed by atoms with Crippen molar-refractivity contribution in [2.75, 3.05) is 0 Å². The van der Waals surface area contributed by atoms with Crippen LogP contribution in [0.15, 0.2) is 47.4 Å². The van der Waals surface area contributed by atoms with Crippen LogP contribution in [0, 0.1) is 0 Å². The minimum absolute atomic E-state index is 0.0201. The van der Waals surface area contributed by atoms with Crippen molar-refractivity contribution >= 4 is 10.1 Å². The normalized spacial score (nSPS) is 11.5. The lowest BCUT2D eigenvalue weighted by atomic mass is 10.0. The van der Waals surface area contributed by atoms with E-state index in [1.165, 1.54) is 81.9 Å². The highest BCUT2D eigenvalue weighted by molar-refractivity contribution is 7.86. The number of aromatic hydroxyl groups is 1. The van der Waals surface area contributed by atoms with Crippen molar-refractivity contribution in [2.24, 2.45) is 0 Å². The standard InChI is InChI=1S/C25H36O5S/c1-2-3-4-5-6-7-8-9-10-11-12-14-21-17-19-22(20-18-21)30-23-15-13-16-24(25(23)26)31(27,28)29/h13,15-20,26H,2-12,14H2,1H3,(H,27,28,29). The van der Waals surface area contributed by atoms with Crippen LogP contribution < -0.4 is 4.74 Å². The smallest absolute Gasteiger partial charge is 0.298 e. The van der Waals surface area contributed by atoms with Gasteiger partial charge >= 0.3 is 0 Å². The second-order valence-corrected chi connectivity index (χ2v) is 9.50. The molecule has 0 amide bonds. The van der Waals surface area contributed by atoms with E-state index in [9.17, 15) is 13.5 Å². The van der Waals surface area contributed by atoms with Gasteiger partial charge in [0.1, 0.15) is 10.6 Å². The number of rotatable bonds is 15. The molecule has 0 fully saturated rings. The Bertz CT molecular complexity index is 875. The lowest BCUT2D eigenvalue weighted by Gasteiger charge is -2.10. The van der Waals surface area contributed by atoms with Gasteiger partial charge in [0.25, 0.3) is 10.1 Å². The second-order valence-electron chi connectivity index (χ2n) is 8.11. The molecule has 0 bridgehead atoms. The highest BCUT2D eigenvalue weighted by atomic mass is 32.2. The molecule has 5 nitrogen and oxygen atoms in total. The van der Waals surface area contributed by atoms with Crippen molar-refractivity contribution < 1.29 is 22.8 Å². The van der Waals surface area contributed by atoms with Crippen LogP contribution in [0.2, 0.25) is 0 Å². The summed E-state index contributed by atoms with van der Waals surface area (Å²) in [6.45, 7) is 2.25. The van der Waals surface area contributed by atoms with E-state index in [2.05, 4.69) is 6.92 Å². The largest absolute Gasteiger partial charge is 0.503 e. The molecular formula is C25H36O5S. The molecule has 0 aliphatic heterocycles. The molecule has 0 aromatic heterocycles. The molecule has 6 heteroatoms. The third kappa shape index (κ3) is 9.32. The number of ether oxygens (including phenoxy) is 1. The van der Waals surface area contributed by atoms with Gasteiger partial charge in [0.2, 0.25) is 0 Å². The molecule has 31 heavy (non-hydrogen) atoms. The van der Waals surface area contributed by atoms with Gasteiger partial charge in [0.15, 0.2) is 11.5 Å². The average Bonchev–Trinajstić information content (AvgIpc) is 2.74. The first kappa shape index (κ1) is 25.2. The number of aryl methyl sites for hydroxylation is 1. The summed E-state index contributed by atoms with van der Waals surface area (Å²) in [7, 11) is -4.51. The first-order valence-electron chi connectivity index (χ1n) is 11.5. The Morgan fingerprint density at radius 2 is 1.32 bits per heavy atom. The number of unbranched alkanes of at least 4 members (excludes halogenated alkanes) is 10. The Morgan fingerprint density at radius 3 is 1.87 bits per heavy atom. The predicted molar refractivity (Wildman–Crippen MR) is 125 cm³/mol. The molecule has 172 valence electrons. The summed E-state index contributed by atoms with van der Waals surface area (Å²) >= 11 is 0. The second kappa shape index (κ2) is 13.4. The van der Waals surface area contributed by atoms with E-state index >= 15 is 0 Å². The maximum Gasteiger partial charge on any atom is 0.298 e. The van der Waals surface area contributed by atoms with Crippen LogP contribution in [0.3, 0.4) is 0 Å². The summed E-state index contributed by atoms with van der Waals surface area (Å²) in [5.74, 6) is -0.131. The van der Waals surface area contributed by atoms with Crippen molar-refractivity contribution in [1.82, 2.24) is 0 Å². The molecule has 0 saturated heterocycles. The summed E-state index contributed by atoms with van der Waals surface area (Å²) in [6, 6.07) is 11.5. The number of phenols is 1. The predicted octanol–water partition coefficient (Wildman–Crippen LogP) is 7.28. The zero-order valence-electron chi connectivity index (χ0n) is 18.6. The van der Waals surface area contributed by atoms with Gasteiger partial charge in [-0.3, -0.25) is 4.55 Å². The third-order valence-electron chi connectivity index (χ3n) is 5.46. The van der Waals surface area contributed by atoms with E-state index in [0.717, 1.165) is 18.9 Å². The molecule has 0 unspecified atom stereocenters. The van der Waals surface area contributed by atoms with E-state index in [1.54, 1.807) is 12.1 Å². The maximum absolute atomic E-state index is 11.3. The van der Waals surface area contributed by atoms with Crippen LogP contribution in [0.1, 0.15) is 83.1 Å². The summed E-state index contributed by atoms with van der Waals surface area (Å²) in [5.41, 5.74) is 1.22. The number of para-hydroxylation sites is 1. The van der Waals surface area contributed by atoms with E-state index < -0.39 is 20.8 Å². The lowest BCUT2D eigenvalue weighted by molar-refractivity contribution is 0.395. The molecule has 0 atom stereocenters. The average molecular weight is 449 g/mol. The summed E-state index contributed by atoms with van der Waals surface area (Å²) in [6.07, 6.45) is 15.6. The Hall–Kier alpha value is -2.05. The quantitative estimate of drug-likeness (QED) is 0.221. The SMILES string of the molecule is CCCCCCCCCCCCCc1ccc(Oc2cccc(S(=O)(=O)O)c2O)cc1. The van der Waals surface area contributed by atoms with Crippen LogP contribution in [0.4, 0.5) is 0 Å². The first-order chi connectivity index (χ1) is 14.9. The van der Waals surface area contributed by atoms with E-state index in [1.807, 2.05) is 12.1 Å². The van der Waals surface area contributed by atoms with Gasteiger partial charge < -0.3 is 9.84 Å². The molecule has 0 heterocycles. The van der Waals surface area contributed by atoms with Gasteiger partial charge in [0, 0.05) is 0 Å². The molecule has 0 aliphatic rings. The van der Waals surface area contributed by atoms with Crippen molar-refractivity contribution in [2.45, 2.75) is 88.9 Å². The summed E-state index contributed by atoms with van der Waals surface area (Å²) < 4.78 is 37.3. The fourth-order valence-corrected chi connectivity index (χ4v) is 4.23. The van der Waals surface area contributed by atoms with Gasteiger partial charge in [-0.2, -0.15) is 8.42 Å². The monoisotopic (exact) mass is 448 g/mol. The summed E-state index contributed by atoms with van der Waals surface area (Å²) in [4.78, 5) is -0.571. The molecule has 0 spiro atoms. The fourth-order valence-electron chi connectivity index (χ4n) is 3.64. The Labute approximate surface area is 187 Å². The van der Waals surface area contributed by atoms with E-state index in [-0.39, 0.29) is 5.75 Å². The van der Waals surface area contributed by atoms with Gasteiger partial charge in [-0.05, 0) is 42.7 Å². The van der Waals surface area contributed by atoms with Gasteiger partial charge in [-0.15, -0.1) is 0 Å².